The van der Waals surface area contributed by atoms with E-state index in [0.29, 0.717) is 0 Å². The SMILES string of the molecule is CC1=CC(C)(C)N(C)c2ccc([C@H]3[C@H](c4ccccn4)NC(=S)N3C)cc21. The molecule has 1 saturated heterocycles. The summed E-state index contributed by atoms with van der Waals surface area (Å²) in [6.45, 7) is 6.70. The molecule has 27 heavy (non-hydrogen) atoms. The van der Waals surface area contributed by atoms with Crippen molar-refractivity contribution in [3.05, 3.63) is 65.5 Å². The molecule has 2 aliphatic heterocycles. The molecule has 0 spiro atoms. The molecule has 5 heteroatoms. The molecule has 0 radical (unpaired) electrons. The number of aromatic nitrogens is 1. The van der Waals surface area contributed by atoms with Gasteiger partial charge < -0.3 is 15.1 Å². The average Bonchev–Trinajstić information content (AvgIpc) is 2.95. The van der Waals surface area contributed by atoms with Crippen LogP contribution in [-0.2, 0) is 0 Å². The Bertz CT molecular complexity index is 919. The summed E-state index contributed by atoms with van der Waals surface area (Å²) in [6, 6.07) is 13.0. The standard InChI is InChI=1S/C22H26N4S/c1-14-13-22(2,3)26(5)18-10-9-15(12-16(14)18)20-19(24-21(27)25(20)4)17-8-6-7-11-23-17/h6-13,19-20H,1-5H3,(H,24,27)/t19-,20-/m0/s1. The van der Waals surface area contributed by atoms with Gasteiger partial charge in [-0.05, 0) is 68.4 Å². The monoisotopic (exact) mass is 378 g/mol. The Hall–Kier alpha value is -2.40. The molecular weight excluding hydrogens is 352 g/mol. The Balaban J connectivity index is 1.79. The molecule has 0 bridgehead atoms. The predicted molar refractivity (Wildman–Crippen MR) is 116 cm³/mol. The fourth-order valence-electron chi connectivity index (χ4n) is 4.24. The van der Waals surface area contributed by atoms with Crippen LogP contribution in [0, 0.1) is 0 Å². The highest BCUT2D eigenvalue weighted by molar-refractivity contribution is 7.80. The van der Waals surface area contributed by atoms with Crippen molar-refractivity contribution in [2.24, 2.45) is 0 Å². The van der Waals surface area contributed by atoms with E-state index >= 15 is 0 Å². The molecule has 1 aromatic heterocycles. The van der Waals surface area contributed by atoms with E-state index in [1.807, 2.05) is 18.3 Å². The van der Waals surface area contributed by atoms with Crippen LogP contribution in [0.1, 0.15) is 49.7 Å². The number of hydrogen-bond acceptors (Lipinski definition) is 3. The summed E-state index contributed by atoms with van der Waals surface area (Å²) in [7, 11) is 4.22. The third-order valence-corrected chi connectivity index (χ3v) is 6.33. The quantitative estimate of drug-likeness (QED) is 0.787. The number of anilines is 1. The lowest BCUT2D eigenvalue weighted by molar-refractivity contribution is 0.368. The Morgan fingerprint density at radius 3 is 2.63 bits per heavy atom. The lowest BCUT2D eigenvalue weighted by atomic mass is 9.86. The fraction of sp³-hybridized carbons (Fsp3) is 0.364. The number of allylic oxidation sites excluding steroid dienone is 1. The summed E-state index contributed by atoms with van der Waals surface area (Å²) in [5.74, 6) is 0. The second kappa shape index (κ2) is 6.34. The van der Waals surface area contributed by atoms with Gasteiger partial charge in [-0.1, -0.05) is 18.2 Å². The van der Waals surface area contributed by atoms with Crippen LogP contribution in [0.4, 0.5) is 5.69 Å². The van der Waals surface area contributed by atoms with E-state index in [1.54, 1.807) is 0 Å². The van der Waals surface area contributed by atoms with E-state index in [0.717, 1.165) is 10.8 Å². The zero-order chi connectivity index (χ0) is 19.3. The minimum atomic E-state index is 0.0162. The van der Waals surface area contributed by atoms with Gasteiger partial charge in [-0.25, -0.2) is 0 Å². The highest BCUT2D eigenvalue weighted by atomic mass is 32.1. The number of thiocarbonyl (C=S) groups is 1. The average molecular weight is 379 g/mol. The first-order valence-corrected chi connectivity index (χ1v) is 9.72. The van der Waals surface area contributed by atoms with Gasteiger partial charge in [0.15, 0.2) is 5.11 Å². The number of nitrogens with zero attached hydrogens (tertiary/aromatic N) is 3. The van der Waals surface area contributed by atoms with Gasteiger partial charge in [-0.2, -0.15) is 0 Å². The second-order valence-electron chi connectivity index (χ2n) is 8.05. The first-order chi connectivity index (χ1) is 12.8. The molecule has 4 nitrogen and oxygen atoms in total. The van der Waals surface area contributed by atoms with E-state index in [4.69, 9.17) is 12.2 Å². The summed E-state index contributed by atoms with van der Waals surface area (Å²) >= 11 is 5.56. The Kier molecular flexibility index (Phi) is 4.22. The molecule has 140 valence electrons. The largest absolute Gasteiger partial charge is 0.366 e. The lowest BCUT2D eigenvalue weighted by Gasteiger charge is -2.41. The Morgan fingerprint density at radius 2 is 1.93 bits per heavy atom. The fourth-order valence-corrected chi connectivity index (χ4v) is 4.48. The van der Waals surface area contributed by atoms with Gasteiger partial charge in [0.2, 0.25) is 0 Å². The van der Waals surface area contributed by atoms with Gasteiger partial charge in [0.1, 0.15) is 0 Å². The third kappa shape index (κ3) is 2.90. The highest BCUT2D eigenvalue weighted by Gasteiger charge is 2.38. The van der Waals surface area contributed by atoms with E-state index in [-0.39, 0.29) is 17.6 Å². The zero-order valence-corrected chi connectivity index (χ0v) is 17.3. The van der Waals surface area contributed by atoms with Crippen LogP contribution in [0.15, 0.2) is 48.7 Å². The van der Waals surface area contributed by atoms with E-state index in [2.05, 4.69) is 85.3 Å². The molecule has 0 aliphatic carbocycles. The summed E-state index contributed by atoms with van der Waals surface area (Å²) in [4.78, 5) is 9.06. The molecule has 0 unspecified atom stereocenters. The summed E-state index contributed by atoms with van der Waals surface area (Å²) < 4.78 is 0. The highest BCUT2D eigenvalue weighted by Crippen LogP contribution is 2.42. The number of rotatable bonds is 2. The molecule has 4 rings (SSSR count). The van der Waals surface area contributed by atoms with Crippen LogP contribution in [0.5, 0.6) is 0 Å². The van der Waals surface area contributed by atoms with Crippen molar-refractivity contribution in [3.8, 4) is 0 Å². The van der Waals surface area contributed by atoms with Crippen LogP contribution in [0.3, 0.4) is 0 Å². The first kappa shape index (κ1) is 18.0. The van der Waals surface area contributed by atoms with Crippen molar-refractivity contribution in [1.82, 2.24) is 15.2 Å². The molecule has 1 N–H and O–H groups in total. The predicted octanol–water partition coefficient (Wildman–Crippen LogP) is 4.32. The van der Waals surface area contributed by atoms with Crippen molar-refractivity contribution in [3.63, 3.8) is 0 Å². The number of benzene rings is 1. The summed E-state index contributed by atoms with van der Waals surface area (Å²) in [6.07, 6.45) is 4.18. The second-order valence-corrected chi connectivity index (χ2v) is 8.44. The maximum atomic E-state index is 5.56. The topological polar surface area (TPSA) is 31.4 Å². The zero-order valence-electron chi connectivity index (χ0n) is 16.5. The van der Waals surface area contributed by atoms with Gasteiger partial charge in [0.25, 0.3) is 0 Å². The molecule has 3 heterocycles. The van der Waals surface area contributed by atoms with Crippen LogP contribution in [-0.4, -0.2) is 34.6 Å². The van der Waals surface area contributed by atoms with Crippen molar-refractivity contribution >= 4 is 28.6 Å². The van der Waals surface area contributed by atoms with Crippen molar-refractivity contribution in [1.29, 1.82) is 0 Å². The Morgan fingerprint density at radius 1 is 1.15 bits per heavy atom. The first-order valence-electron chi connectivity index (χ1n) is 9.31. The van der Waals surface area contributed by atoms with Crippen LogP contribution >= 0.6 is 12.2 Å². The van der Waals surface area contributed by atoms with E-state index < -0.39 is 0 Å². The van der Waals surface area contributed by atoms with Crippen LogP contribution in [0.25, 0.3) is 5.57 Å². The van der Waals surface area contributed by atoms with Crippen molar-refractivity contribution in [2.45, 2.75) is 38.4 Å². The smallest absolute Gasteiger partial charge is 0.169 e. The van der Waals surface area contributed by atoms with Gasteiger partial charge in [-0.15, -0.1) is 0 Å². The van der Waals surface area contributed by atoms with E-state index in [9.17, 15) is 0 Å². The van der Waals surface area contributed by atoms with Gasteiger partial charge in [-0.3, -0.25) is 4.98 Å². The summed E-state index contributed by atoms with van der Waals surface area (Å²) in [5.41, 5.74) is 6.16. The van der Waals surface area contributed by atoms with Gasteiger partial charge in [0, 0.05) is 31.5 Å². The molecule has 0 saturated carbocycles. The van der Waals surface area contributed by atoms with Crippen LogP contribution in [0.2, 0.25) is 0 Å². The van der Waals surface area contributed by atoms with Gasteiger partial charge >= 0.3 is 0 Å². The lowest BCUT2D eigenvalue weighted by Crippen LogP contribution is -2.42. The third-order valence-electron chi connectivity index (χ3n) is 5.92. The number of hydrogen-bond donors (Lipinski definition) is 1. The minimum absolute atomic E-state index is 0.0162. The van der Waals surface area contributed by atoms with Crippen molar-refractivity contribution in [2.75, 3.05) is 19.0 Å². The molecule has 0 amide bonds. The van der Waals surface area contributed by atoms with Crippen LogP contribution < -0.4 is 10.2 Å². The summed E-state index contributed by atoms with van der Waals surface area (Å²) in [5, 5.41) is 4.21. The maximum absolute atomic E-state index is 5.56. The molecular formula is C22H26N4S. The normalized spacial score (nSPS) is 23.7. The van der Waals surface area contributed by atoms with Crippen molar-refractivity contribution < 1.29 is 0 Å². The number of pyridine rings is 1. The molecule has 1 fully saturated rings. The Labute approximate surface area is 166 Å². The molecule has 2 aromatic rings. The molecule has 2 atom stereocenters. The van der Waals surface area contributed by atoms with E-state index in [1.165, 1.54) is 22.4 Å². The maximum Gasteiger partial charge on any atom is 0.169 e. The minimum Gasteiger partial charge on any atom is -0.366 e. The number of fused-ring (bicyclic) bond motifs is 1. The molecule has 1 aromatic carbocycles. The molecule has 2 aliphatic rings. The van der Waals surface area contributed by atoms with Gasteiger partial charge in [0.05, 0.1) is 23.3 Å². The number of nitrogens with one attached hydrogen (secondary N) is 1. The number of likely N-dealkylation sites (N-methyl/N-ethyl adjacent to an activating group) is 2.